The molecule has 1 aliphatic heterocycles. The molecule has 1 aromatic heterocycles. The Morgan fingerprint density at radius 2 is 1.64 bits per heavy atom. The van der Waals surface area contributed by atoms with Crippen LogP contribution in [0.1, 0.15) is 11.1 Å². The molecular weight excluding hydrogens is 373 g/mol. The van der Waals surface area contributed by atoms with Gasteiger partial charge in [0.1, 0.15) is 0 Å². The second-order valence-electron chi connectivity index (χ2n) is 6.50. The van der Waals surface area contributed by atoms with Crippen molar-refractivity contribution < 1.29 is 0 Å². The lowest BCUT2D eigenvalue weighted by Gasteiger charge is -2.36. The third kappa shape index (κ3) is 3.31. The van der Waals surface area contributed by atoms with Crippen molar-refractivity contribution in [3.63, 3.8) is 0 Å². The molecule has 1 saturated heterocycles. The van der Waals surface area contributed by atoms with E-state index in [1.54, 1.807) is 11.3 Å². The minimum absolute atomic E-state index is 0.601. The molecule has 3 aromatic rings. The minimum Gasteiger partial charge on any atom is -0.368 e. The number of aryl methyl sites for hydroxylation is 2. The molecule has 25 heavy (non-hydrogen) atoms. The summed E-state index contributed by atoms with van der Waals surface area (Å²) in [6.45, 7) is 8.09. The molecule has 2 heterocycles. The van der Waals surface area contributed by atoms with Crippen LogP contribution >= 0.6 is 34.5 Å². The van der Waals surface area contributed by atoms with E-state index in [0.29, 0.717) is 10.0 Å². The van der Waals surface area contributed by atoms with Crippen molar-refractivity contribution in [1.29, 1.82) is 0 Å². The highest BCUT2D eigenvalue weighted by Crippen LogP contribution is 2.33. The maximum absolute atomic E-state index is 6.15. The third-order valence-corrected chi connectivity index (χ3v) is 6.44. The quantitative estimate of drug-likeness (QED) is 0.570. The number of fused-ring (bicyclic) bond motifs is 1. The fourth-order valence-electron chi connectivity index (χ4n) is 3.33. The Labute approximate surface area is 161 Å². The van der Waals surface area contributed by atoms with Gasteiger partial charge in [0.2, 0.25) is 0 Å². The van der Waals surface area contributed by atoms with Crippen molar-refractivity contribution in [3.8, 4) is 0 Å². The molecule has 3 nitrogen and oxygen atoms in total. The van der Waals surface area contributed by atoms with E-state index in [0.717, 1.165) is 42.5 Å². The number of nitrogens with zero attached hydrogens (tertiary/aromatic N) is 3. The highest BCUT2D eigenvalue weighted by Gasteiger charge is 2.21. The molecule has 0 spiro atoms. The SMILES string of the molecule is Cc1cc(C)c2nc(N3CCN(c4ccc(Cl)c(Cl)c4)CC3)sc2c1. The molecule has 4 rings (SSSR count). The topological polar surface area (TPSA) is 19.4 Å². The number of thiazole rings is 1. The lowest BCUT2D eigenvalue weighted by molar-refractivity contribution is 0.652. The van der Waals surface area contributed by atoms with Gasteiger partial charge in [-0.1, -0.05) is 40.6 Å². The molecule has 0 amide bonds. The minimum atomic E-state index is 0.601. The Hall–Kier alpha value is -1.49. The zero-order valence-electron chi connectivity index (χ0n) is 14.2. The molecule has 2 aromatic carbocycles. The van der Waals surface area contributed by atoms with E-state index >= 15 is 0 Å². The van der Waals surface area contributed by atoms with Gasteiger partial charge < -0.3 is 9.80 Å². The van der Waals surface area contributed by atoms with Gasteiger partial charge in [0.25, 0.3) is 0 Å². The monoisotopic (exact) mass is 391 g/mol. The molecule has 0 radical (unpaired) electrons. The van der Waals surface area contributed by atoms with Crippen LogP contribution < -0.4 is 9.80 Å². The van der Waals surface area contributed by atoms with Crippen molar-refractivity contribution in [2.24, 2.45) is 0 Å². The van der Waals surface area contributed by atoms with Gasteiger partial charge in [-0.15, -0.1) is 0 Å². The lowest BCUT2D eigenvalue weighted by Crippen LogP contribution is -2.46. The first-order valence-electron chi connectivity index (χ1n) is 8.34. The van der Waals surface area contributed by atoms with Gasteiger partial charge in [-0.05, 0) is 49.2 Å². The molecule has 1 aliphatic rings. The lowest BCUT2D eigenvalue weighted by atomic mass is 10.1. The summed E-state index contributed by atoms with van der Waals surface area (Å²) < 4.78 is 1.28. The average molecular weight is 392 g/mol. The van der Waals surface area contributed by atoms with Gasteiger partial charge in [-0.25, -0.2) is 4.98 Å². The molecule has 6 heteroatoms. The molecule has 0 aliphatic carbocycles. The van der Waals surface area contributed by atoms with Gasteiger partial charge in [0, 0.05) is 31.9 Å². The number of aromatic nitrogens is 1. The summed E-state index contributed by atoms with van der Waals surface area (Å²) >= 11 is 14.0. The van der Waals surface area contributed by atoms with Crippen LogP contribution in [0.4, 0.5) is 10.8 Å². The van der Waals surface area contributed by atoms with E-state index < -0.39 is 0 Å². The summed E-state index contributed by atoms with van der Waals surface area (Å²) in [5, 5.41) is 2.33. The molecule has 0 unspecified atom stereocenters. The average Bonchev–Trinajstić information content (AvgIpc) is 3.02. The van der Waals surface area contributed by atoms with Gasteiger partial charge in [-0.2, -0.15) is 0 Å². The van der Waals surface area contributed by atoms with E-state index in [1.807, 2.05) is 18.2 Å². The highest BCUT2D eigenvalue weighted by atomic mass is 35.5. The van der Waals surface area contributed by atoms with Gasteiger partial charge in [-0.3, -0.25) is 0 Å². The molecular formula is C19H19Cl2N3S. The molecule has 0 atom stereocenters. The summed E-state index contributed by atoms with van der Waals surface area (Å²) in [4.78, 5) is 9.62. The first kappa shape index (κ1) is 17.0. The Balaban J connectivity index is 1.52. The summed E-state index contributed by atoms with van der Waals surface area (Å²) in [7, 11) is 0. The number of rotatable bonds is 2. The Morgan fingerprint density at radius 1 is 0.920 bits per heavy atom. The number of piperazine rings is 1. The van der Waals surface area contributed by atoms with Crippen molar-refractivity contribution in [3.05, 3.63) is 51.5 Å². The summed E-state index contributed by atoms with van der Waals surface area (Å²) in [6.07, 6.45) is 0. The van der Waals surface area contributed by atoms with Crippen LogP contribution in [0, 0.1) is 13.8 Å². The summed E-state index contributed by atoms with van der Waals surface area (Å²) in [5.41, 5.74) is 4.82. The van der Waals surface area contributed by atoms with Crippen LogP contribution in [-0.2, 0) is 0 Å². The van der Waals surface area contributed by atoms with Crippen LogP contribution in [0.5, 0.6) is 0 Å². The number of anilines is 2. The van der Waals surface area contributed by atoms with Crippen molar-refractivity contribution in [2.75, 3.05) is 36.0 Å². The van der Waals surface area contributed by atoms with Crippen LogP contribution in [-0.4, -0.2) is 31.2 Å². The van der Waals surface area contributed by atoms with Crippen LogP contribution in [0.2, 0.25) is 10.0 Å². The summed E-state index contributed by atoms with van der Waals surface area (Å²) in [5.74, 6) is 0. The van der Waals surface area contributed by atoms with Crippen LogP contribution in [0.3, 0.4) is 0 Å². The normalized spacial score (nSPS) is 15.2. The van der Waals surface area contributed by atoms with Gasteiger partial charge in [0.15, 0.2) is 5.13 Å². The fourth-order valence-corrected chi connectivity index (χ4v) is 4.82. The molecule has 0 saturated carbocycles. The smallest absolute Gasteiger partial charge is 0.186 e. The predicted molar refractivity (Wildman–Crippen MR) is 110 cm³/mol. The van der Waals surface area contributed by atoms with E-state index in [-0.39, 0.29) is 0 Å². The van der Waals surface area contributed by atoms with E-state index in [2.05, 4.69) is 35.8 Å². The Morgan fingerprint density at radius 3 is 2.36 bits per heavy atom. The maximum atomic E-state index is 6.15. The largest absolute Gasteiger partial charge is 0.368 e. The number of hydrogen-bond acceptors (Lipinski definition) is 4. The van der Waals surface area contributed by atoms with E-state index in [4.69, 9.17) is 28.2 Å². The highest BCUT2D eigenvalue weighted by molar-refractivity contribution is 7.22. The molecule has 1 fully saturated rings. The first-order chi connectivity index (χ1) is 12.0. The van der Waals surface area contributed by atoms with Crippen LogP contribution in [0.25, 0.3) is 10.2 Å². The van der Waals surface area contributed by atoms with Crippen molar-refractivity contribution in [2.45, 2.75) is 13.8 Å². The fraction of sp³-hybridized carbons (Fsp3) is 0.316. The second-order valence-corrected chi connectivity index (χ2v) is 8.32. The molecule has 130 valence electrons. The summed E-state index contributed by atoms with van der Waals surface area (Å²) in [6, 6.07) is 10.3. The first-order valence-corrected chi connectivity index (χ1v) is 9.91. The number of halogens is 2. The van der Waals surface area contributed by atoms with Gasteiger partial charge in [0.05, 0.1) is 20.3 Å². The van der Waals surface area contributed by atoms with Crippen molar-refractivity contribution in [1.82, 2.24) is 4.98 Å². The van der Waals surface area contributed by atoms with Crippen molar-refractivity contribution >= 4 is 55.6 Å². The zero-order chi connectivity index (χ0) is 17.6. The molecule has 0 N–H and O–H groups in total. The zero-order valence-corrected chi connectivity index (χ0v) is 16.5. The van der Waals surface area contributed by atoms with Gasteiger partial charge >= 0.3 is 0 Å². The molecule has 0 bridgehead atoms. The maximum Gasteiger partial charge on any atom is 0.186 e. The number of benzene rings is 2. The van der Waals surface area contributed by atoms with Crippen LogP contribution in [0.15, 0.2) is 30.3 Å². The Bertz CT molecular complexity index is 930. The Kier molecular flexibility index (Phi) is 4.52. The van der Waals surface area contributed by atoms with E-state index in [1.165, 1.54) is 15.8 Å². The standard InChI is InChI=1S/C19H19Cl2N3S/c1-12-9-13(2)18-17(10-12)25-19(22-18)24-7-5-23(6-8-24)14-3-4-15(20)16(21)11-14/h3-4,9-11H,5-8H2,1-2H3. The second kappa shape index (κ2) is 6.67. The predicted octanol–water partition coefficient (Wildman–Crippen LogP) is 5.55. The van der Waals surface area contributed by atoms with E-state index in [9.17, 15) is 0 Å². The third-order valence-electron chi connectivity index (χ3n) is 4.64. The number of hydrogen-bond donors (Lipinski definition) is 0.